The Hall–Kier alpha value is -3.61. The highest BCUT2D eigenvalue weighted by Crippen LogP contribution is 2.21. The zero-order valence-electron chi connectivity index (χ0n) is 17.8. The van der Waals surface area contributed by atoms with E-state index in [1.807, 2.05) is 31.2 Å². The monoisotopic (exact) mass is 423 g/mol. The molecule has 0 aliphatic heterocycles. The molecule has 3 rings (SSSR count). The maximum absolute atomic E-state index is 12.2. The second-order valence-electron chi connectivity index (χ2n) is 7.51. The second-order valence-corrected chi connectivity index (χ2v) is 7.51. The highest BCUT2D eigenvalue weighted by Gasteiger charge is 2.15. The topological polar surface area (TPSA) is 94.8 Å². The van der Waals surface area contributed by atoms with Crippen LogP contribution in [0.4, 0.5) is 0 Å². The Bertz CT molecular complexity index is 1130. The smallest absolute Gasteiger partial charge is 0.349 e. The highest BCUT2D eigenvalue weighted by molar-refractivity contribution is 5.96. The first-order chi connectivity index (χ1) is 14.8. The van der Waals surface area contributed by atoms with E-state index in [4.69, 9.17) is 13.9 Å². The van der Waals surface area contributed by atoms with Crippen LogP contribution >= 0.6 is 0 Å². The van der Waals surface area contributed by atoms with Crippen molar-refractivity contribution in [1.29, 1.82) is 0 Å². The van der Waals surface area contributed by atoms with Crippen LogP contribution in [0.15, 0.2) is 57.7 Å². The lowest BCUT2D eigenvalue weighted by molar-refractivity contribution is -0.134. The van der Waals surface area contributed by atoms with Crippen LogP contribution in [0.2, 0.25) is 0 Å². The van der Waals surface area contributed by atoms with Crippen LogP contribution in [0, 0.1) is 6.92 Å². The SMILES string of the molecule is Cc1ccc(OCCCC(=O)Oc2ccc3cc(C(=O)NC(C)C)c(=O)oc3c2)cc1. The third-order valence-electron chi connectivity index (χ3n) is 4.42. The Kier molecular flexibility index (Phi) is 7.07. The first-order valence-electron chi connectivity index (χ1n) is 10.1. The lowest BCUT2D eigenvalue weighted by atomic mass is 10.1. The van der Waals surface area contributed by atoms with Gasteiger partial charge in [0.25, 0.3) is 5.91 Å². The summed E-state index contributed by atoms with van der Waals surface area (Å²) in [6.45, 7) is 6.00. The number of hydrogen-bond acceptors (Lipinski definition) is 6. The predicted molar refractivity (Wildman–Crippen MR) is 117 cm³/mol. The molecule has 31 heavy (non-hydrogen) atoms. The Morgan fingerprint density at radius 1 is 1.03 bits per heavy atom. The first kappa shape index (κ1) is 22.1. The molecule has 1 N–H and O–H groups in total. The van der Waals surface area contributed by atoms with Gasteiger partial charge < -0.3 is 19.2 Å². The summed E-state index contributed by atoms with van der Waals surface area (Å²) in [5.74, 6) is 0.112. The maximum Gasteiger partial charge on any atom is 0.349 e. The number of aryl methyl sites for hydroxylation is 1. The molecule has 0 fully saturated rings. The average molecular weight is 423 g/mol. The van der Waals surface area contributed by atoms with Crippen LogP contribution in [-0.4, -0.2) is 24.5 Å². The molecule has 1 heterocycles. The van der Waals surface area contributed by atoms with Crippen LogP contribution in [-0.2, 0) is 4.79 Å². The zero-order valence-corrected chi connectivity index (χ0v) is 17.8. The minimum Gasteiger partial charge on any atom is -0.494 e. The summed E-state index contributed by atoms with van der Waals surface area (Å²) in [5.41, 5.74) is 0.568. The van der Waals surface area contributed by atoms with Crippen molar-refractivity contribution in [3.05, 3.63) is 70.1 Å². The van der Waals surface area contributed by atoms with Crippen molar-refractivity contribution in [3.8, 4) is 11.5 Å². The summed E-state index contributed by atoms with van der Waals surface area (Å²) in [7, 11) is 0. The zero-order chi connectivity index (χ0) is 22.4. The molecule has 0 spiro atoms. The van der Waals surface area contributed by atoms with Gasteiger partial charge in [-0.3, -0.25) is 9.59 Å². The quantitative estimate of drug-likeness (QED) is 0.255. The largest absolute Gasteiger partial charge is 0.494 e. The van der Waals surface area contributed by atoms with E-state index in [-0.39, 0.29) is 29.4 Å². The lowest BCUT2D eigenvalue weighted by Crippen LogP contribution is -2.33. The second kappa shape index (κ2) is 9.93. The first-order valence-corrected chi connectivity index (χ1v) is 10.1. The predicted octanol–water partition coefficient (Wildman–Crippen LogP) is 4.00. The molecule has 0 bridgehead atoms. The van der Waals surface area contributed by atoms with E-state index in [2.05, 4.69) is 5.32 Å². The van der Waals surface area contributed by atoms with Crippen molar-refractivity contribution in [3.63, 3.8) is 0 Å². The summed E-state index contributed by atoms with van der Waals surface area (Å²) < 4.78 is 16.2. The van der Waals surface area contributed by atoms with Gasteiger partial charge in [0, 0.05) is 23.9 Å². The molecule has 0 saturated heterocycles. The molecule has 2 aromatic carbocycles. The van der Waals surface area contributed by atoms with Gasteiger partial charge >= 0.3 is 11.6 Å². The maximum atomic E-state index is 12.2. The van der Waals surface area contributed by atoms with Crippen molar-refractivity contribution in [2.45, 2.75) is 39.7 Å². The molecule has 3 aromatic rings. The van der Waals surface area contributed by atoms with Gasteiger partial charge in [0.2, 0.25) is 0 Å². The number of rotatable bonds is 8. The van der Waals surface area contributed by atoms with Gasteiger partial charge in [-0.1, -0.05) is 17.7 Å². The van der Waals surface area contributed by atoms with Gasteiger partial charge in [0.1, 0.15) is 22.6 Å². The molecule has 0 aliphatic rings. The number of hydrogen-bond donors (Lipinski definition) is 1. The number of benzene rings is 2. The Labute approximate surface area is 180 Å². The van der Waals surface area contributed by atoms with Crippen LogP contribution in [0.5, 0.6) is 11.5 Å². The Morgan fingerprint density at radius 3 is 2.45 bits per heavy atom. The fourth-order valence-electron chi connectivity index (χ4n) is 2.88. The van der Waals surface area contributed by atoms with E-state index in [1.54, 1.807) is 26.0 Å². The summed E-state index contributed by atoms with van der Waals surface area (Å²) in [6.07, 6.45) is 0.686. The minimum absolute atomic E-state index is 0.0699. The third-order valence-corrected chi connectivity index (χ3v) is 4.42. The van der Waals surface area contributed by atoms with Crippen molar-refractivity contribution < 1.29 is 23.5 Å². The van der Waals surface area contributed by atoms with Crippen molar-refractivity contribution in [2.24, 2.45) is 0 Å². The number of nitrogens with one attached hydrogen (secondary N) is 1. The number of ether oxygens (including phenoxy) is 2. The molecule has 0 aliphatic carbocycles. The van der Waals surface area contributed by atoms with Gasteiger partial charge in [0.15, 0.2) is 0 Å². The Morgan fingerprint density at radius 2 is 1.74 bits per heavy atom. The van der Waals surface area contributed by atoms with E-state index in [0.717, 1.165) is 11.3 Å². The fraction of sp³-hybridized carbons (Fsp3) is 0.292. The number of amides is 1. The van der Waals surface area contributed by atoms with Crippen molar-refractivity contribution in [2.75, 3.05) is 6.61 Å². The highest BCUT2D eigenvalue weighted by atomic mass is 16.5. The number of carbonyl (C=O) groups excluding carboxylic acids is 2. The van der Waals surface area contributed by atoms with Crippen LogP contribution in [0.25, 0.3) is 11.0 Å². The van der Waals surface area contributed by atoms with Gasteiger partial charge in [-0.25, -0.2) is 4.79 Å². The van der Waals surface area contributed by atoms with Crippen LogP contribution in [0.3, 0.4) is 0 Å². The average Bonchev–Trinajstić information content (AvgIpc) is 2.71. The van der Waals surface area contributed by atoms with Crippen molar-refractivity contribution in [1.82, 2.24) is 5.32 Å². The Balaban J connectivity index is 1.57. The molecular weight excluding hydrogens is 398 g/mol. The molecule has 162 valence electrons. The molecule has 1 aromatic heterocycles. The normalized spacial score (nSPS) is 10.8. The molecule has 0 radical (unpaired) electrons. The summed E-state index contributed by atoms with van der Waals surface area (Å²) in [4.78, 5) is 36.4. The minimum atomic E-state index is -0.748. The lowest BCUT2D eigenvalue weighted by Gasteiger charge is -2.09. The molecule has 0 atom stereocenters. The molecule has 0 saturated carbocycles. The third kappa shape index (κ3) is 6.18. The van der Waals surface area contributed by atoms with E-state index in [1.165, 1.54) is 12.1 Å². The van der Waals surface area contributed by atoms with E-state index in [9.17, 15) is 14.4 Å². The van der Waals surface area contributed by atoms with Gasteiger partial charge in [-0.2, -0.15) is 0 Å². The van der Waals surface area contributed by atoms with E-state index >= 15 is 0 Å². The number of esters is 1. The molecule has 7 nitrogen and oxygen atoms in total. The van der Waals surface area contributed by atoms with E-state index < -0.39 is 17.5 Å². The fourth-order valence-corrected chi connectivity index (χ4v) is 2.88. The summed E-state index contributed by atoms with van der Waals surface area (Å²) in [5, 5.41) is 3.22. The van der Waals surface area contributed by atoms with Gasteiger partial charge in [0.05, 0.1) is 6.61 Å². The number of carbonyl (C=O) groups is 2. The molecule has 7 heteroatoms. The molecular formula is C24H25NO6. The summed E-state index contributed by atoms with van der Waals surface area (Å²) >= 11 is 0. The van der Waals surface area contributed by atoms with Gasteiger partial charge in [-0.05, 0) is 57.5 Å². The summed E-state index contributed by atoms with van der Waals surface area (Å²) in [6, 6.07) is 13.7. The van der Waals surface area contributed by atoms with Crippen LogP contribution in [0.1, 0.15) is 42.6 Å². The van der Waals surface area contributed by atoms with Gasteiger partial charge in [-0.15, -0.1) is 0 Å². The number of fused-ring (bicyclic) bond motifs is 1. The van der Waals surface area contributed by atoms with Crippen molar-refractivity contribution >= 4 is 22.8 Å². The standard InChI is InChI=1S/C24H25NO6/c1-15(2)25-23(27)20-13-17-8-11-19(14-21(17)31-24(20)28)30-22(26)5-4-12-29-18-9-6-16(3)7-10-18/h6-11,13-15H,4-5,12H2,1-3H3,(H,25,27). The molecule has 0 unspecified atom stereocenters. The molecule has 1 amide bonds. The van der Waals surface area contributed by atoms with Crippen LogP contribution < -0.4 is 20.4 Å². The van der Waals surface area contributed by atoms with E-state index in [0.29, 0.717) is 18.4 Å².